The van der Waals surface area contributed by atoms with Crippen LogP contribution in [-0.2, 0) is 10.0 Å². The number of methoxy groups -OCH3 is 1. The first kappa shape index (κ1) is 18.7. The van der Waals surface area contributed by atoms with Crippen molar-refractivity contribution in [2.24, 2.45) is 5.92 Å². The molecule has 0 bridgehead atoms. The molecule has 0 aliphatic carbocycles. The van der Waals surface area contributed by atoms with Crippen molar-refractivity contribution in [1.29, 1.82) is 0 Å². The number of carbonyl (C=O) groups excluding carboxylic acids is 1. The summed E-state index contributed by atoms with van der Waals surface area (Å²) < 4.78 is 33.2. The Hall–Kier alpha value is -2.65. The molecular weight excluding hydrogens is 380 g/mol. The van der Waals surface area contributed by atoms with Crippen LogP contribution in [0, 0.1) is 5.92 Å². The van der Waals surface area contributed by atoms with E-state index in [0.29, 0.717) is 43.1 Å². The largest absolute Gasteiger partial charge is 0.497 e. The molecule has 2 aromatic rings. The number of pyridine rings is 1. The van der Waals surface area contributed by atoms with E-state index in [2.05, 4.69) is 15.0 Å². The summed E-state index contributed by atoms with van der Waals surface area (Å²) in [5.41, 5.74) is 0.966. The summed E-state index contributed by atoms with van der Waals surface area (Å²) in [4.78, 5) is 18.6. The number of likely N-dealkylation sites (tertiary alicyclic amines) is 1. The average molecular weight is 402 g/mol. The van der Waals surface area contributed by atoms with Crippen LogP contribution in [0.5, 0.6) is 5.75 Å². The molecule has 1 atom stereocenters. The third kappa shape index (κ3) is 3.55. The lowest BCUT2D eigenvalue weighted by Gasteiger charge is -2.38. The number of ether oxygens (including phenoxy) is 1. The van der Waals surface area contributed by atoms with E-state index in [9.17, 15) is 13.2 Å². The molecule has 2 aliphatic rings. The molecule has 2 aliphatic heterocycles. The van der Waals surface area contributed by atoms with Crippen molar-refractivity contribution in [1.82, 2.24) is 14.6 Å². The minimum absolute atomic E-state index is 0.0712. The van der Waals surface area contributed by atoms with Gasteiger partial charge in [0.05, 0.1) is 19.0 Å². The molecule has 3 heterocycles. The molecular formula is C19H22N4O4S. The number of nitrogens with zero attached hydrogens (tertiary/aromatic N) is 2. The van der Waals surface area contributed by atoms with E-state index in [1.165, 1.54) is 6.07 Å². The number of aromatic nitrogens is 1. The van der Waals surface area contributed by atoms with Gasteiger partial charge in [-0.15, -0.1) is 0 Å². The summed E-state index contributed by atoms with van der Waals surface area (Å²) in [6.45, 7) is 1.12. The summed E-state index contributed by atoms with van der Waals surface area (Å²) in [6, 6.07) is 10.1. The molecule has 148 valence electrons. The van der Waals surface area contributed by atoms with E-state index in [4.69, 9.17) is 4.74 Å². The van der Waals surface area contributed by atoms with Crippen molar-refractivity contribution >= 4 is 21.6 Å². The maximum Gasteiger partial charge on any atom is 0.272 e. The molecule has 9 heteroatoms. The van der Waals surface area contributed by atoms with Crippen LogP contribution >= 0.6 is 0 Å². The smallest absolute Gasteiger partial charge is 0.272 e. The van der Waals surface area contributed by atoms with Gasteiger partial charge in [-0.3, -0.25) is 9.78 Å². The second kappa shape index (κ2) is 7.40. The Kier molecular flexibility index (Phi) is 4.94. The zero-order valence-corrected chi connectivity index (χ0v) is 16.3. The number of nitrogens with one attached hydrogen (secondary N) is 2. The molecule has 1 aromatic carbocycles. The van der Waals surface area contributed by atoms with Crippen molar-refractivity contribution in [3.05, 3.63) is 48.3 Å². The Morgan fingerprint density at radius 1 is 1.21 bits per heavy atom. The highest BCUT2D eigenvalue weighted by molar-refractivity contribution is 7.89. The van der Waals surface area contributed by atoms with E-state index in [0.717, 1.165) is 0 Å². The van der Waals surface area contributed by atoms with Gasteiger partial charge in [0.1, 0.15) is 16.3 Å². The standard InChI is InChI=1S/C19H22N4O4S/c1-27-14-5-6-17-16(12-14)21-18(22-28(17,25)26)13-7-10-23(11-8-13)19(24)15-4-2-3-9-20-15/h2-6,9,12-13,18,21-22H,7-8,10-11H2,1H3/t18-/m0/s1. The molecule has 0 radical (unpaired) electrons. The first-order valence-electron chi connectivity index (χ1n) is 9.15. The number of rotatable bonds is 3. The Morgan fingerprint density at radius 2 is 2.00 bits per heavy atom. The third-order valence-electron chi connectivity index (χ3n) is 5.25. The summed E-state index contributed by atoms with van der Waals surface area (Å²) in [6.07, 6.45) is 2.57. The second-order valence-corrected chi connectivity index (χ2v) is 8.63. The molecule has 0 spiro atoms. The molecule has 1 saturated heterocycles. The Balaban J connectivity index is 1.46. The van der Waals surface area contributed by atoms with Gasteiger partial charge in [0, 0.05) is 25.4 Å². The number of fused-ring (bicyclic) bond motifs is 1. The zero-order valence-electron chi connectivity index (χ0n) is 15.5. The normalized spacial score (nSPS) is 21.5. The molecule has 2 N–H and O–H groups in total. The number of piperidine rings is 1. The van der Waals surface area contributed by atoms with E-state index < -0.39 is 16.2 Å². The van der Waals surface area contributed by atoms with Crippen molar-refractivity contribution in [2.75, 3.05) is 25.5 Å². The van der Waals surface area contributed by atoms with Crippen LogP contribution in [0.25, 0.3) is 0 Å². The minimum atomic E-state index is -3.60. The summed E-state index contributed by atoms with van der Waals surface area (Å²) in [5.74, 6) is 0.575. The molecule has 28 heavy (non-hydrogen) atoms. The van der Waals surface area contributed by atoms with Gasteiger partial charge in [0.15, 0.2) is 0 Å². The molecule has 1 aromatic heterocycles. The van der Waals surface area contributed by atoms with Crippen molar-refractivity contribution < 1.29 is 17.9 Å². The lowest BCUT2D eigenvalue weighted by atomic mass is 9.93. The first-order chi connectivity index (χ1) is 13.5. The first-order valence-corrected chi connectivity index (χ1v) is 10.6. The van der Waals surface area contributed by atoms with Gasteiger partial charge < -0.3 is 15.0 Å². The van der Waals surface area contributed by atoms with Gasteiger partial charge in [0.25, 0.3) is 5.91 Å². The maximum atomic E-state index is 12.6. The summed E-state index contributed by atoms with van der Waals surface area (Å²) in [5, 5.41) is 3.29. The quantitative estimate of drug-likeness (QED) is 0.810. The van der Waals surface area contributed by atoms with Gasteiger partial charge in [-0.2, -0.15) is 4.72 Å². The fourth-order valence-electron chi connectivity index (χ4n) is 3.71. The third-order valence-corrected chi connectivity index (χ3v) is 6.75. The number of hydrogen-bond donors (Lipinski definition) is 2. The lowest BCUT2D eigenvalue weighted by molar-refractivity contribution is 0.0673. The van der Waals surface area contributed by atoms with Crippen LogP contribution in [-0.4, -0.2) is 50.6 Å². The highest BCUT2D eigenvalue weighted by Gasteiger charge is 2.36. The Bertz CT molecular complexity index is 973. The Morgan fingerprint density at radius 3 is 2.68 bits per heavy atom. The highest BCUT2D eigenvalue weighted by atomic mass is 32.2. The van der Waals surface area contributed by atoms with Crippen LogP contribution in [0.3, 0.4) is 0 Å². The maximum absolute atomic E-state index is 12.6. The van der Waals surface area contributed by atoms with E-state index in [-0.39, 0.29) is 16.7 Å². The van der Waals surface area contributed by atoms with Gasteiger partial charge in [0.2, 0.25) is 10.0 Å². The molecule has 1 amide bonds. The molecule has 1 fully saturated rings. The zero-order chi connectivity index (χ0) is 19.7. The second-order valence-electron chi connectivity index (χ2n) is 6.95. The van der Waals surface area contributed by atoms with E-state index >= 15 is 0 Å². The van der Waals surface area contributed by atoms with E-state index in [1.54, 1.807) is 48.5 Å². The lowest BCUT2D eigenvalue weighted by Crippen LogP contribution is -2.52. The SMILES string of the molecule is COc1ccc2c(c1)N[C@H](C1CCN(C(=O)c3ccccn3)CC1)NS2(=O)=O. The number of hydrogen-bond acceptors (Lipinski definition) is 6. The number of anilines is 1. The molecule has 0 saturated carbocycles. The monoisotopic (exact) mass is 402 g/mol. The minimum Gasteiger partial charge on any atom is -0.497 e. The van der Waals surface area contributed by atoms with Gasteiger partial charge in [-0.25, -0.2) is 8.42 Å². The van der Waals surface area contributed by atoms with E-state index in [1.807, 2.05) is 0 Å². The molecule has 8 nitrogen and oxygen atoms in total. The topological polar surface area (TPSA) is 101 Å². The molecule has 4 rings (SSSR count). The van der Waals surface area contributed by atoms with Crippen LogP contribution in [0.2, 0.25) is 0 Å². The number of benzene rings is 1. The van der Waals surface area contributed by atoms with Crippen LogP contribution in [0.1, 0.15) is 23.3 Å². The van der Waals surface area contributed by atoms with Crippen LogP contribution < -0.4 is 14.8 Å². The van der Waals surface area contributed by atoms with Gasteiger partial charge >= 0.3 is 0 Å². The predicted octanol–water partition coefficient (Wildman–Crippen LogP) is 1.67. The predicted molar refractivity (Wildman–Crippen MR) is 104 cm³/mol. The van der Waals surface area contributed by atoms with Crippen molar-refractivity contribution in [2.45, 2.75) is 23.9 Å². The Labute approximate surface area is 164 Å². The van der Waals surface area contributed by atoms with Gasteiger partial charge in [-0.05, 0) is 43.0 Å². The average Bonchev–Trinajstić information content (AvgIpc) is 2.73. The highest BCUT2D eigenvalue weighted by Crippen LogP contribution is 2.33. The van der Waals surface area contributed by atoms with Crippen LogP contribution in [0.4, 0.5) is 5.69 Å². The summed E-state index contributed by atoms with van der Waals surface area (Å²) in [7, 11) is -2.05. The number of sulfonamides is 1. The van der Waals surface area contributed by atoms with Gasteiger partial charge in [-0.1, -0.05) is 6.07 Å². The number of amides is 1. The fraction of sp³-hybridized carbons (Fsp3) is 0.368. The van der Waals surface area contributed by atoms with Crippen LogP contribution in [0.15, 0.2) is 47.5 Å². The number of carbonyl (C=O) groups is 1. The fourth-order valence-corrected chi connectivity index (χ4v) is 5.08. The molecule has 0 unspecified atom stereocenters. The summed E-state index contributed by atoms with van der Waals surface area (Å²) >= 11 is 0. The van der Waals surface area contributed by atoms with Crippen molar-refractivity contribution in [3.63, 3.8) is 0 Å². The van der Waals surface area contributed by atoms with Crippen molar-refractivity contribution in [3.8, 4) is 5.75 Å².